The van der Waals surface area contributed by atoms with Crippen molar-refractivity contribution >= 4 is 17.5 Å². The summed E-state index contributed by atoms with van der Waals surface area (Å²) >= 11 is 5.97. The summed E-state index contributed by atoms with van der Waals surface area (Å²) in [6.45, 7) is 4.07. The summed E-state index contributed by atoms with van der Waals surface area (Å²) < 4.78 is 5.25. The third-order valence-electron chi connectivity index (χ3n) is 3.12. The van der Waals surface area contributed by atoms with Crippen LogP contribution in [0.4, 0.5) is 0 Å². The average Bonchev–Trinajstić information content (AvgIpc) is 3.13. The smallest absolute Gasteiger partial charge is 0.258 e. The lowest BCUT2D eigenvalue weighted by Crippen LogP contribution is -2.38. The summed E-state index contributed by atoms with van der Waals surface area (Å²) in [5.74, 6) is 0.586. The Labute approximate surface area is 113 Å². The van der Waals surface area contributed by atoms with Gasteiger partial charge in [-0.1, -0.05) is 11.6 Å². The fourth-order valence-corrected chi connectivity index (χ4v) is 2.33. The summed E-state index contributed by atoms with van der Waals surface area (Å²) in [5, 5.41) is 0.554. The highest BCUT2D eigenvalue weighted by Gasteiger charge is 2.35. The van der Waals surface area contributed by atoms with E-state index in [2.05, 4.69) is 0 Å². The van der Waals surface area contributed by atoms with Gasteiger partial charge in [0.25, 0.3) is 5.91 Å². The molecule has 1 aromatic carbocycles. The van der Waals surface area contributed by atoms with Crippen LogP contribution in [0.1, 0.15) is 37.0 Å². The zero-order valence-electron chi connectivity index (χ0n) is 10.9. The number of nitrogens with zero attached hydrogens (tertiary/aromatic N) is 1. The first-order valence-corrected chi connectivity index (χ1v) is 6.58. The van der Waals surface area contributed by atoms with Crippen LogP contribution in [0.5, 0.6) is 5.75 Å². The molecule has 1 aromatic rings. The van der Waals surface area contributed by atoms with Crippen LogP contribution in [-0.2, 0) is 0 Å². The van der Waals surface area contributed by atoms with E-state index in [0.717, 1.165) is 12.8 Å². The van der Waals surface area contributed by atoms with Gasteiger partial charge in [0, 0.05) is 17.1 Å². The number of amides is 1. The van der Waals surface area contributed by atoms with Gasteiger partial charge in [-0.25, -0.2) is 0 Å². The van der Waals surface area contributed by atoms with Crippen molar-refractivity contribution in [3.05, 3.63) is 28.8 Å². The lowest BCUT2D eigenvalue weighted by Gasteiger charge is -2.27. The van der Waals surface area contributed by atoms with Crippen LogP contribution in [0.15, 0.2) is 18.2 Å². The first-order valence-electron chi connectivity index (χ1n) is 6.20. The normalized spacial score (nSPS) is 14.7. The van der Waals surface area contributed by atoms with E-state index < -0.39 is 0 Å². The maximum Gasteiger partial charge on any atom is 0.258 e. The van der Waals surface area contributed by atoms with Crippen LogP contribution < -0.4 is 4.74 Å². The molecule has 1 amide bonds. The Balaban J connectivity index is 2.34. The zero-order valence-corrected chi connectivity index (χ0v) is 11.7. The molecule has 0 unspecified atom stereocenters. The number of halogens is 1. The van der Waals surface area contributed by atoms with Crippen molar-refractivity contribution in [2.75, 3.05) is 7.11 Å². The molecular weight excluding hydrogens is 250 g/mol. The number of hydrogen-bond donors (Lipinski definition) is 0. The Morgan fingerprint density at radius 1 is 1.44 bits per heavy atom. The number of hydrogen-bond acceptors (Lipinski definition) is 2. The van der Waals surface area contributed by atoms with Gasteiger partial charge in [0.05, 0.1) is 12.7 Å². The van der Waals surface area contributed by atoms with Crippen molar-refractivity contribution in [1.29, 1.82) is 0 Å². The van der Waals surface area contributed by atoms with E-state index in [9.17, 15) is 4.79 Å². The van der Waals surface area contributed by atoms with Crippen LogP contribution >= 0.6 is 11.6 Å². The molecule has 1 aliphatic rings. The monoisotopic (exact) mass is 267 g/mol. The van der Waals surface area contributed by atoms with E-state index in [1.54, 1.807) is 25.3 Å². The number of methoxy groups -OCH3 is 1. The van der Waals surface area contributed by atoms with E-state index in [4.69, 9.17) is 16.3 Å². The molecule has 4 heteroatoms. The van der Waals surface area contributed by atoms with Gasteiger partial charge in [-0.15, -0.1) is 0 Å². The van der Waals surface area contributed by atoms with Gasteiger partial charge < -0.3 is 9.64 Å². The molecular formula is C14H18ClNO2. The second kappa shape index (κ2) is 5.19. The Bertz CT molecular complexity index is 453. The molecule has 0 aliphatic heterocycles. The van der Waals surface area contributed by atoms with Crippen molar-refractivity contribution in [2.24, 2.45) is 0 Å². The molecule has 0 heterocycles. The van der Waals surface area contributed by atoms with Gasteiger partial charge in [-0.3, -0.25) is 4.79 Å². The molecule has 0 spiro atoms. The van der Waals surface area contributed by atoms with E-state index in [-0.39, 0.29) is 11.9 Å². The third-order valence-corrected chi connectivity index (χ3v) is 3.36. The van der Waals surface area contributed by atoms with Gasteiger partial charge in [0.15, 0.2) is 0 Å². The van der Waals surface area contributed by atoms with Crippen LogP contribution in [0.3, 0.4) is 0 Å². The van der Waals surface area contributed by atoms with Crippen molar-refractivity contribution in [3.63, 3.8) is 0 Å². The van der Waals surface area contributed by atoms with Crippen LogP contribution in [-0.4, -0.2) is 30.0 Å². The second-order valence-electron chi connectivity index (χ2n) is 4.88. The summed E-state index contributed by atoms with van der Waals surface area (Å²) in [6.07, 6.45) is 2.18. The van der Waals surface area contributed by atoms with Crippen molar-refractivity contribution < 1.29 is 9.53 Å². The maximum absolute atomic E-state index is 12.6. The molecule has 98 valence electrons. The van der Waals surface area contributed by atoms with Crippen LogP contribution in [0.25, 0.3) is 0 Å². The predicted molar refractivity (Wildman–Crippen MR) is 72.3 cm³/mol. The molecule has 0 aromatic heterocycles. The van der Waals surface area contributed by atoms with Gasteiger partial charge in [0.2, 0.25) is 0 Å². The minimum Gasteiger partial charge on any atom is -0.496 e. The summed E-state index contributed by atoms with van der Waals surface area (Å²) in [7, 11) is 1.57. The standard InChI is InChI=1S/C14H18ClNO2/c1-9(2)16(11-5-6-11)14(17)12-8-10(15)4-7-13(12)18-3/h4,7-9,11H,5-6H2,1-3H3. The zero-order chi connectivity index (χ0) is 13.3. The van der Waals surface area contributed by atoms with Gasteiger partial charge >= 0.3 is 0 Å². The highest BCUT2D eigenvalue weighted by Crippen LogP contribution is 2.32. The Kier molecular flexibility index (Phi) is 3.81. The SMILES string of the molecule is COc1ccc(Cl)cc1C(=O)N(C(C)C)C1CC1. The number of rotatable bonds is 4. The van der Waals surface area contributed by atoms with Crippen molar-refractivity contribution in [3.8, 4) is 5.75 Å². The lowest BCUT2D eigenvalue weighted by atomic mass is 10.1. The van der Waals surface area contributed by atoms with E-state index in [1.165, 1.54) is 0 Å². The molecule has 0 bridgehead atoms. The first kappa shape index (κ1) is 13.2. The minimum atomic E-state index is 0.00634. The van der Waals surface area contributed by atoms with E-state index in [1.807, 2.05) is 18.7 Å². The van der Waals surface area contributed by atoms with Gasteiger partial charge in [-0.2, -0.15) is 0 Å². The Morgan fingerprint density at radius 3 is 2.61 bits per heavy atom. The quantitative estimate of drug-likeness (QED) is 0.837. The minimum absolute atomic E-state index is 0.00634. The Hall–Kier alpha value is -1.22. The predicted octanol–water partition coefficient (Wildman–Crippen LogP) is 3.36. The molecule has 0 N–H and O–H groups in total. The molecule has 0 radical (unpaired) electrons. The number of carbonyl (C=O) groups excluding carboxylic acids is 1. The molecule has 18 heavy (non-hydrogen) atoms. The highest BCUT2D eigenvalue weighted by molar-refractivity contribution is 6.31. The molecule has 3 nitrogen and oxygen atoms in total. The molecule has 0 saturated heterocycles. The lowest BCUT2D eigenvalue weighted by molar-refractivity contribution is 0.0687. The highest BCUT2D eigenvalue weighted by atomic mass is 35.5. The topological polar surface area (TPSA) is 29.5 Å². The van der Waals surface area contributed by atoms with Gasteiger partial charge in [-0.05, 0) is 44.9 Å². The number of carbonyl (C=O) groups is 1. The fraction of sp³-hybridized carbons (Fsp3) is 0.500. The molecule has 1 saturated carbocycles. The summed E-state index contributed by atoms with van der Waals surface area (Å²) in [6, 6.07) is 5.71. The van der Waals surface area contributed by atoms with Crippen molar-refractivity contribution in [1.82, 2.24) is 4.90 Å². The first-order chi connectivity index (χ1) is 8.54. The molecule has 1 aliphatic carbocycles. The van der Waals surface area contributed by atoms with E-state index in [0.29, 0.717) is 22.4 Å². The fourth-order valence-electron chi connectivity index (χ4n) is 2.16. The number of ether oxygens (including phenoxy) is 1. The molecule has 0 atom stereocenters. The molecule has 2 rings (SSSR count). The maximum atomic E-state index is 12.6. The third kappa shape index (κ3) is 2.61. The van der Waals surface area contributed by atoms with Crippen LogP contribution in [0.2, 0.25) is 5.02 Å². The van der Waals surface area contributed by atoms with Crippen LogP contribution in [0, 0.1) is 0 Å². The second-order valence-corrected chi connectivity index (χ2v) is 5.32. The number of benzene rings is 1. The summed E-state index contributed by atoms with van der Waals surface area (Å²) in [4.78, 5) is 14.5. The Morgan fingerprint density at radius 2 is 2.11 bits per heavy atom. The van der Waals surface area contributed by atoms with Crippen molar-refractivity contribution in [2.45, 2.75) is 38.8 Å². The summed E-state index contributed by atoms with van der Waals surface area (Å²) in [5.41, 5.74) is 0.547. The largest absolute Gasteiger partial charge is 0.496 e. The van der Waals surface area contributed by atoms with Gasteiger partial charge in [0.1, 0.15) is 5.75 Å². The average molecular weight is 268 g/mol. The molecule has 1 fully saturated rings. The van der Waals surface area contributed by atoms with E-state index >= 15 is 0 Å².